The van der Waals surface area contributed by atoms with E-state index in [2.05, 4.69) is 0 Å². The molecule has 1 fully saturated rings. The highest BCUT2D eigenvalue weighted by Crippen LogP contribution is 2.44. The molecule has 2 aliphatic heterocycles. The van der Waals surface area contributed by atoms with Crippen molar-refractivity contribution in [1.82, 2.24) is 0 Å². The van der Waals surface area contributed by atoms with E-state index in [4.69, 9.17) is 14.2 Å². The van der Waals surface area contributed by atoms with E-state index in [0.29, 0.717) is 13.0 Å². The van der Waals surface area contributed by atoms with E-state index in [9.17, 15) is 5.11 Å². The number of hydrogen-bond donors (Lipinski definition) is 1. The molecule has 3 rings (SSSR count). The highest BCUT2D eigenvalue weighted by Gasteiger charge is 2.42. The third-order valence-corrected chi connectivity index (χ3v) is 3.76. The molecule has 0 aromatic heterocycles. The first-order valence-corrected chi connectivity index (χ1v) is 6.35. The molecule has 1 aromatic rings. The maximum atomic E-state index is 10.3. The summed E-state index contributed by atoms with van der Waals surface area (Å²) >= 11 is 0. The van der Waals surface area contributed by atoms with E-state index in [1.54, 1.807) is 7.11 Å². The van der Waals surface area contributed by atoms with Crippen LogP contribution in [0.4, 0.5) is 0 Å². The van der Waals surface area contributed by atoms with Crippen LogP contribution in [-0.4, -0.2) is 31.0 Å². The Kier molecular flexibility index (Phi) is 2.92. The molecule has 0 saturated carbocycles. The Morgan fingerprint density at radius 1 is 1.44 bits per heavy atom. The number of aliphatic hydroxyl groups is 1. The van der Waals surface area contributed by atoms with Crippen LogP contribution >= 0.6 is 0 Å². The Balaban J connectivity index is 1.94. The van der Waals surface area contributed by atoms with Crippen molar-refractivity contribution >= 4 is 0 Å². The largest absolute Gasteiger partial charge is 0.497 e. The smallest absolute Gasteiger partial charge is 0.135 e. The van der Waals surface area contributed by atoms with E-state index in [0.717, 1.165) is 36.5 Å². The summed E-state index contributed by atoms with van der Waals surface area (Å²) in [5.74, 6) is 1.47. The zero-order chi connectivity index (χ0) is 12.6. The van der Waals surface area contributed by atoms with Gasteiger partial charge in [-0.15, -0.1) is 0 Å². The summed E-state index contributed by atoms with van der Waals surface area (Å²) in [7, 11) is 1.63. The van der Waals surface area contributed by atoms with Crippen molar-refractivity contribution in [3.63, 3.8) is 0 Å². The predicted molar refractivity (Wildman–Crippen MR) is 66.0 cm³/mol. The monoisotopic (exact) mass is 250 g/mol. The summed E-state index contributed by atoms with van der Waals surface area (Å²) in [6.07, 6.45) is 2.03. The van der Waals surface area contributed by atoms with Crippen LogP contribution in [0.5, 0.6) is 11.5 Å². The van der Waals surface area contributed by atoms with Gasteiger partial charge in [0.25, 0.3) is 0 Å². The molecular weight excluding hydrogens is 232 g/mol. The lowest BCUT2D eigenvalue weighted by Gasteiger charge is -2.42. The fourth-order valence-electron chi connectivity index (χ4n) is 2.81. The van der Waals surface area contributed by atoms with Crippen LogP contribution in [-0.2, 0) is 4.74 Å². The van der Waals surface area contributed by atoms with Crippen LogP contribution in [0, 0.1) is 0 Å². The number of rotatable bonds is 1. The SMILES string of the molecule is COc1ccc2c(c1)OC1(CCCOC1)C[C@H]2O. The normalized spacial score (nSPS) is 30.7. The number of methoxy groups -OCH3 is 1. The topological polar surface area (TPSA) is 47.9 Å². The first kappa shape index (κ1) is 11.8. The van der Waals surface area contributed by atoms with Crippen LogP contribution in [0.1, 0.15) is 30.9 Å². The average molecular weight is 250 g/mol. The molecule has 1 aromatic carbocycles. The van der Waals surface area contributed by atoms with Crippen molar-refractivity contribution in [3.05, 3.63) is 23.8 Å². The van der Waals surface area contributed by atoms with Gasteiger partial charge in [0.15, 0.2) is 0 Å². The number of ether oxygens (including phenoxy) is 3. The van der Waals surface area contributed by atoms with Crippen LogP contribution < -0.4 is 9.47 Å². The van der Waals surface area contributed by atoms with Crippen LogP contribution in [0.25, 0.3) is 0 Å². The minimum Gasteiger partial charge on any atom is -0.497 e. The molecule has 4 heteroatoms. The highest BCUT2D eigenvalue weighted by molar-refractivity contribution is 5.44. The molecule has 0 radical (unpaired) electrons. The molecule has 98 valence electrons. The predicted octanol–water partition coefficient (Wildman–Crippen LogP) is 2.06. The van der Waals surface area contributed by atoms with Gasteiger partial charge in [0.2, 0.25) is 0 Å². The molecule has 0 bridgehead atoms. The van der Waals surface area contributed by atoms with Crippen LogP contribution in [0.2, 0.25) is 0 Å². The van der Waals surface area contributed by atoms with Crippen molar-refractivity contribution in [2.24, 2.45) is 0 Å². The number of hydrogen-bond acceptors (Lipinski definition) is 4. The van der Waals surface area contributed by atoms with Gasteiger partial charge in [-0.2, -0.15) is 0 Å². The fraction of sp³-hybridized carbons (Fsp3) is 0.571. The lowest BCUT2D eigenvalue weighted by Crippen LogP contribution is -2.47. The molecule has 1 saturated heterocycles. The van der Waals surface area contributed by atoms with E-state index >= 15 is 0 Å². The highest BCUT2D eigenvalue weighted by atomic mass is 16.6. The van der Waals surface area contributed by atoms with Gasteiger partial charge in [0, 0.05) is 24.7 Å². The van der Waals surface area contributed by atoms with Crippen molar-refractivity contribution in [1.29, 1.82) is 0 Å². The molecular formula is C14H18O4. The Morgan fingerprint density at radius 3 is 3.06 bits per heavy atom. The van der Waals surface area contributed by atoms with E-state index in [1.807, 2.05) is 18.2 Å². The Hall–Kier alpha value is -1.26. The Labute approximate surface area is 106 Å². The molecule has 1 N–H and O–H groups in total. The lowest BCUT2D eigenvalue weighted by atomic mass is 9.85. The van der Waals surface area contributed by atoms with Crippen molar-refractivity contribution < 1.29 is 19.3 Å². The van der Waals surface area contributed by atoms with Gasteiger partial charge in [-0.1, -0.05) is 0 Å². The zero-order valence-corrected chi connectivity index (χ0v) is 10.5. The van der Waals surface area contributed by atoms with Gasteiger partial charge in [-0.05, 0) is 25.0 Å². The third kappa shape index (κ3) is 1.95. The van der Waals surface area contributed by atoms with Gasteiger partial charge >= 0.3 is 0 Å². The molecule has 0 amide bonds. The first-order chi connectivity index (χ1) is 8.72. The average Bonchev–Trinajstić information content (AvgIpc) is 2.38. The zero-order valence-electron chi connectivity index (χ0n) is 10.5. The maximum Gasteiger partial charge on any atom is 0.135 e. The quantitative estimate of drug-likeness (QED) is 0.828. The standard InChI is InChI=1S/C14H18O4/c1-16-10-3-4-11-12(15)8-14(18-13(11)7-10)5-2-6-17-9-14/h3-4,7,12,15H,2,5-6,8-9H2,1H3/t12-,14?/m1/s1. The molecule has 0 aliphatic carbocycles. The van der Waals surface area contributed by atoms with Crippen LogP contribution in [0.3, 0.4) is 0 Å². The lowest BCUT2D eigenvalue weighted by molar-refractivity contribution is -0.103. The summed E-state index contributed by atoms with van der Waals surface area (Å²) < 4.78 is 16.8. The molecule has 1 spiro atoms. The Bertz CT molecular complexity index is 437. The minimum atomic E-state index is -0.485. The second-order valence-electron chi connectivity index (χ2n) is 5.06. The second kappa shape index (κ2) is 4.44. The molecule has 2 aliphatic rings. The third-order valence-electron chi connectivity index (χ3n) is 3.76. The molecule has 2 heterocycles. The number of benzene rings is 1. The minimum absolute atomic E-state index is 0.364. The summed E-state index contributed by atoms with van der Waals surface area (Å²) in [5.41, 5.74) is 0.476. The summed E-state index contributed by atoms with van der Waals surface area (Å²) in [6.45, 7) is 1.34. The fourth-order valence-corrected chi connectivity index (χ4v) is 2.81. The molecule has 2 atom stereocenters. The molecule has 18 heavy (non-hydrogen) atoms. The van der Waals surface area contributed by atoms with Gasteiger partial charge in [-0.25, -0.2) is 0 Å². The van der Waals surface area contributed by atoms with E-state index < -0.39 is 6.10 Å². The van der Waals surface area contributed by atoms with E-state index in [1.165, 1.54) is 0 Å². The van der Waals surface area contributed by atoms with Crippen molar-refractivity contribution in [2.75, 3.05) is 20.3 Å². The molecule has 1 unspecified atom stereocenters. The van der Waals surface area contributed by atoms with E-state index in [-0.39, 0.29) is 5.60 Å². The number of aliphatic hydroxyl groups excluding tert-OH is 1. The number of fused-ring (bicyclic) bond motifs is 1. The summed E-state index contributed by atoms with van der Waals surface area (Å²) in [5, 5.41) is 10.3. The van der Waals surface area contributed by atoms with Gasteiger partial charge in [0.05, 0.1) is 19.8 Å². The van der Waals surface area contributed by atoms with Gasteiger partial charge in [-0.3, -0.25) is 0 Å². The maximum absolute atomic E-state index is 10.3. The van der Waals surface area contributed by atoms with Crippen molar-refractivity contribution in [2.45, 2.75) is 31.0 Å². The van der Waals surface area contributed by atoms with Gasteiger partial charge < -0.3 is 19.3 Å². The summed E-state index contributed by atoms with van der Waals surface area (Å²) in [6, 6.07) is 5.56. The molecule has 4 nitrogen and oxygen atoms in total. The summed E-state index contributed by atoms with van der Waals surface area (Å²) in [4.78, 5) is 0. The first-order valence-electron chi connectivity index (χ1n) is 6.35. The van der Waals surface area contributed by atoms with Gasteiger partial charge in [0.1, 0.15) is 17.1 Å². The van der Waals surface area contributed by atoms with Crippen LogP contribution in [0.15, 0.2) is 18.2 Å². The second-order valence-corrected chi connectivity index (χ2v) is 5.06. The Morgan fingerprint density at radius 2 is 2.33 bits per heavy atom. The van der Waals surface area contributed by atoms with Crippen molar-refractivity contribution in [3.8, 4) is 11.5 Å².